The molecule has 5 rings (SSSR count). The highest BCUT2D eigenvalue weighted by atomic mass is 16.5. The van der Waals surface area contributed by atoms with Crippen LogP contribution in [0.15, 0.2) is 59.7 Å². The maximum atomic E-state index is 12.7. The standard InChI is InChI=1S/C32H36N4O5/c37-30-29(34-22-35-32(30)39)28(20-33-31(38)27-11-15-40-16-12-27)19-25-7-3-23(4-8-25)1-2-24-5-9-26(10-6-24)21-36-13-17-41-18-14-36/h3-10,22,27-28,37H,11-21H2,(H,33,38)(H,34,35,39). The van der Waals surface area contributed by atoms with Crippen molar-refractivity contribution in [1.82, 2.24) is 20.2 Å². The molecule has 1 amide bonds. The van der Waals surface area contributed by atoms with E-state index in [2.05, 4.69) is 56.3 Å². The number of amides is 1. The molecule has 9 nitrogen and oxygen atoms in total. The van der Waals surface area contributed by atoms with E-state index >= 15 is 0 Å². The second-order valence-electron chi connectivity index (χ2n) is 10.5. The molecule has 41 heavy (non-hydrogen) atoms. The number of carbonyl (C=O) groups is 1. The average Bonchev–Trinajstić information content (AvgIpc) is 3.02. The van der Waals surface area contributed by atoms with Gasteiger partial charge in [-0.15, -0.1) is 0 Å². The average molecular weight is 557 g/mol. The van der Waals surface area contributed by atoms with Crippen LogP contribution in [0.3, 0.4) is 0 Å². The Morgan fingerprint density at radius 1 is 0.976 bits per heavy atom. The van der Waals surface area contributed by atoms with Crippen LogP contribution in [0.5, 0.6) is 5.75 Å². The smallest absolute Gasteiger partial charge is 0.293 e. The Kier molecular flexibility index (Phi) is 9.81. The van der Waals surface area contributed by atoms with Gasteiger partial charge < -0.3 is 24.9 Å². The topological polar surface area (TPSA) is 117 Å². The number of ether oxygens (including phenoxy) is 2. The summed E-state index contributed by atoms with van der Waals surface area (Å²) in [6.07, 6.45) is 3.13. The number of aromatic hydroxyl groups is 1. The molecule has 0 bridgehead atoms. The van der Waals surface area contributed by atoms with E-state index in [0.717, 1.165) is 49.5 Å². The maximum Gasteiger partial charge on any atom is 0.293 e. The van der Waals surface area contributed by atoms with Crippen LogP contribution in [-0.4, -0.2) is 71.9 Å². The lowest BCUT2D eigenvalue weighted by molar-refractivity contribution is -0.127. The van der Waals surface area contributed by atoms with Gasteiger partial charge in [0.15, 0.2) is 0 Å². The van der Waals surface area contributed by atoms with E-state index in [4.69, 9.17) is 9.47 Å². The zero-order valence-corrected chi connectivity index (χ0v) is 23.1. The Bertz CT molecular complexity index is 1410. The Labute approximate surface area is 239 Å². The number of carbonyl (C=O) groups excluding carboxylic acids is 1. The zero-order chi connectivity index (χ0) is 28.4. The number of hydrogen-bond acceptors (Lipinski definition) is 7. The second-order valence-corrected chi connectivity index (χ2v) is 10.5. The van der Waals surface area contributed by atoms with E-state index in [0.29, 0.717) is 32.5 Å². The Morgan fingerprint density at radius 3 is 2.24 bits per heavy atom. The molecule has 0 spiro atoms. The van der Waals surface area contributed by atoms with Gasteiger partial charge in [-0.1, -0.05) is 36.1 Å². The summed E-state index contributed by atoms with van der Waals surface area (Å²) in [6.45, 7) is 5.84. The van der Waals surface area contributed by atoms with Gasteiger partial charge in [-0.3, -0.25) is 14.5 Å². The molecule has 2 saturated heterocycles. The van der Waals surface area contributed by atoms with E-state index < -0.39 is 11.3 Å². The van der Waals surface area contributed by atoms with Gasteiger partial charge in [0.2, 0.25) is 11.7 Å². The Hall–Kier alpha value is -3.97. The molecule has 2 aliphatic heterocycles. The number of nitrogens with one attached hydrogen (secondary N) is 2. The fourth-order valence-electron chi connectivity index (χ4n) is 5.16. The third-order valence-corrected chi connectivity index (χ3v) is 7.61. The van der Waals surface area contributed by atoms with E-state index in [1.807, 2.05) is 24.3 Å². The summed E-state index contributed by atoms with van der Waals surface area (Å²) < 4.78 is 10.8. The fraction of sp³-hybridized carbons (Fsp3) is 0.406. The molecule has 3 aromatic rings. The van der Waals surface area contributed by atoms with Gasteiger partial charge in [0.05, 0.1) is 25.2 Å². The molecule has 214 valence electrons. The number of morpholine rings is 1. The molecule has 0 radical (unpaired) electrons. The molecule has 2 aliphatic rings. The number of rotatable bonds is 8. The molecule has 3 N–H and O–H groups in total. The van der Waals surface area contributed by atoms with Crippen LogP contribution in [0.4, 0.5) is 0 Å². The van der Waals surface area contributed by atoms with E-state index in [1.54, 1.807) is 0 Å². The van der Waals surface area contributed by atoms with Gasteiger partial charge in [0, 0.05) is 62.4 Å². The van der Waals surface area contributed by atoms with E-state index in [1.165, 1.54) is 11.9 Å². The van der Waals surface area contributed by atoms with Crippen molar-refractivity contribution < 1.29 is 19.4 Å². The van der Waals surface area contributed by atoms with Crippen LogP contribution in [0.1, 0.15) is 46.7 Å². The minimum absolute atomic E-state index is 0.0395. The first-order valence-corrected chi connectivity index (χ1v) is 14.2. The Balaban J connectivity index is 1.22. The molecule has 2 aromatic carbocycles. The highest BCUT2D eigenvalue weighted by Gasteiger charge is 2.25. The Morgan fingerprint density at radius 2 is 1.59 bits per heavy atom. The van der Waals surface area contributed by atoms with Crippen LogP contribution < -0.4 is 10.9 Å². The molecular weight excluding hydrogens is 520 g/mol. The first-order chi connectivity index (χ1) is 20.0. The number of H-pyrrole nitrogens is 1. The van der Waals surface area contributed by atoms with Gasteiger partial charge in [-0.05, 0) is 54.7 Å². The summed E-state index contributed by atoms with van der Waals surface area (Å²) in [5.74, 6) is 5.53. The summed E-state index contributed by atoms with van der Waals surface area (Å²) in [5, 5.41) is 13.4. The van der Waals surface area contributed by atoms with Crippen LogP contribution >= 0.6 is 0 Å². The van der Waals surface area contributed by atoms with Crippen molar-refractivity contribution in [2.45, 2.75) is 31.7 Å². The van der Waals surface area contributed by atoms with Crippen LogP contribution in [0.2, 0.25) is 0 Å². The summed E-state index contributed by atoms with van der Waals surface area (Å²) in [6, 6.07) is 16.2. The molecule has 0 aliphatic carbocycles. The lowest BCUT2D eigenvalue weighted by Crippen LogP contribution is -2.37. The van der Waals surface area contributed by atoms with Crippen LogP contribution in [0, 0.1) is 17.8 Å². The fourth-order valence-corrected chi connectivity index (χ4v) is 5.16. The number of hydrogen-bond donors (Lipinski definition) is 3. The van der Waals surface area contributed by atoms with Gasteiger partial charge >= 0.3 is 0 Å². The van der Waals surface area contributed by atoms with Crippen molar-refractivity contribution in [3.8, 4) is 17.6 Å². The second kappa shape index (κ2) is 14.1. The summed E-state index contributed by atoms with van der Waals surface area (Å²) >= 11 is 0. The number of aromatic nitrogens is 2. The van der Waals surface area contributed by atoms with Crippen molar-refractivity contribution in [2.75, 3.05) is 46.1 Å². The number of aromatic amines is 1. The van der Waals surface area contributed by atoms with Crippen molar-refractivity contribution in [3.63, 3.8) is 0 Å². The molecule has 0 saturated carbocycles. The van der Waals surface area contributed by atoms with Gasteiger partial charge in [0.1, 0.15) is 0 Å². The molecule has 2 fully saturated rings. The SMILES string of the molecule is O=C(NCC(Cc1ccc(C#Cc2ccc(CN3CCOCC3)cc2)cc1)c1nc[nH]c(=O)c1O)C1CCOCC1. The summed E-state index contributed by atoms with van der Waals surface area (Å²) in [5.41, 5.74) is 3.75. The predicted molar refractivity (Wildman–Crippen MR) is 154 cm³/mol. The lowest BCUT2D eigenvalue weighted by atomic mass is 9.93. The lowest BCUT2D eigenvalue weighted by Gasteiger charge is -2.26. The highest BCUT2D eigenvalue weighted by molar-refractivity contribution is 5.78. The number of benzene rings is 2. The zero-order valence-electron chi connectivity index (χ0n) is 23.1. The highest BCUT2D eigenvalue weighted by Crippen LogP contribution is 2.24. The molecule has 1 atom stereocenters. The van der Waals surface area contributed by atoms with E-state index in [-0.39, 0.29) is 30.0 Å². The van der Waals surface area contributed by atoms with Crippen molar-refractivity contribution in [1.29, 1.82) is 0 Å². The molecule has 3 heterocycles. The summed E-state index contributed by atoms with van der Waals surface area (Å²) in [4.78, 5) is 33.8. The minimum Gasteiger partial charge on any atom is -0.502 e. The third-order valence-electron chi connectivity index (χ3n) is 7.61. The van der Waals surface area contributed by atoms with Gasteiger partial charge in [0.25, 0.3) is 5.56 Å². The third kappa shape index (κ3) is 8.04. The molecule has 9 heteroatoms. The molecular formula is C32H36N4O5. The number of nitrogens with zero attached hydrogens (tertiary/aromatic N) is 2. The summed E-state index contributed by atoms with van der Waals surface area (Å²) in [7, 11) is 0. The monoisotopic (exact) mass is 556 g/mol. The quantitative estimate of drug-likeness (QED) is 0.365. The van der Waals surface area contributed by atoms with Crippen LogP contribution in [-0.2, 0) is 27.2 Å². The van der Waals surface area contributed by atoms with Crippen molar-refractivity contribution in [2.24, 2.45) is 5.92 Å². The van der Waals surface area contributed by atoms with Gasteiger partial charge in [-0.2, -0.15) is 0 Å². The normalized spacial score (nSPS) is 16.9. The first kappa shape index (κ1) is 28.6. The molecule has 1 aromatic heterocycles. The van der Waals surface area contributed by atoms with Crippen molar-refractivity contribution >= 4 is 5.91 Å². The molecule has 1 unspecified atom stereocenters. The van der Waals surface area contributed by atoms with Crippen molar-refractivity contribution in [3.05, 3.63) is 93.2 Å². The minimum atomic E-state index is -0.601. The van der Waals surface area contributed by atoms with Gasteiger partial charge in [-0.25, -0.2) is 4.98 Å². The van der Waals surface area contributed by atoms with E-state index in [9.17, 15) is 14.7 Å². The maximum absolute atomic E-state index is 12.7. The predicted octanol–water partition coefficient (Wildman–Crippen LogP) is 2.58. The van der Waals surface area contributed by atoms with Crippen LogP contribution in [0.25, 0.3) is 0 Å². The first-order valence-electron chi connectivity index (χ1n) is 14.2. The largest absolute Gasteiger partial charge is 0.502 e.